The molecular weight excluding hydrogens is 364 g/mol. The molecule has 3 rings (SSSR count). The van der Waals surface area contributed by atoms with Crippen molar-refractivity contribution < 1.29 is 14.3 Å². The van der Waals surface area contributed by atoms with E-state index in [1.54, 1.807) is 14.2 Å². The number of hydrogen-bond acceptors (Lipinski definition) is 4. The third-order valence-electron chi connectivity index (χ3n) is 5.29. The molecule has 0 spiro atoms. The fourth-order valence-corrected chi connectivity index (χ4v) is 3.31. The van der Waals surface area contributed by atoms with Gasteiger partial charge in [0.2, 0.25) is 5.91 Å². The molecule has 0 saturated heterocycles. The SMILES string of the molecule is COc1ccc(CCN(C)[C@H](C)C(=O)Nc2cccc3ccccc23)cc1OC. The van der Waals surface area contributed by atoms with Crippen LogP contribution < -0.4 is 14.8 Å². The van der Waals surface area contributed by atoms with Crippen LogP contribution in [-0.4, -0.2) is 44.7 Å². The smallest absolute Gasteiger partial charge is 0.241 e. The van der Waals surface area contributed by atoms with Crippen LogP contribution in [0.25, 0.3) is 10.8 Å². The van der Waals surface area contributed by atoms with Crippen LogP contribution >= 0.6 is 0 Å². The number of fused-ring (bicyclic) bond motifs is 1. The van der Waals surface area contributed by atoms with Crippen LogP contribution in [0.1, 0.15) is 12.5 Å². The van der Waals surface area contributed by atoms with E-state index >= 15 is 0 Å². The summed E-state index contributed by atoms with van der Waals surface area (Å²) < 4.78 is 10.7. The molecule has 29 heavy (non-hydrogen) atoms. The summed E-state index contributed by atoms with van der Waals surface area (Å²) in [6.45, 7) is 2.68. The summed E-state index contributed by atoms with van der Waals surface area (Å²) in [5.41, 5.74) is 1.98. The van der Waals surface area contributed by atoms with Gasteiger partial charge >= 0.3 is 0 Å². The van der Waals surface area contributed by atoms with Crippen molar-refractivity contribution in [3.05, 3.63) is 66.2 Å². The topological polar surface area (TPSA) is 50.8 Å². The zero-order valence-electron chi connectivity index (χ0n) is 17.4. The van der Waals surface area contributed by atoms with Crippen molar-refractivity contribution in [1.29, 1.82) is 0 Å². The van der Waals surface area contributed by atoms with Gasteiger partial charge in [-0.1, -0.05) is 42.5 Å². The van der Waals surface area contributed by atoms with Gasteiger partial charge in [0.1, 0.15) is 0 Å². The van der Waals surface area contributed by atoms with Gasteiger partial charge in [0, 0.05) is 17.6 Å². The molecule has 3 aromatic carbocycles. The molecule has 5 heteroatoms. The molecule has 0 saturated carbocycles. The first-order valence-electron chi connectivity index (χ1n) is 9.73. The van der Waals surface area contributed by atoms with E-state index in [0.717, 1.165) is 40.7 Å². The molecule has 152 valence electrons. The number of amides is 1. The lowest BCUT2D eigenvalue weighted by Crippen LogP contribution is -2.40. The monoisotopic (exact) mass is 392 g/mol. The minimum Gasteiger partial charge on any atom is -0.493 e. The van der Waals surface area contributed by atoms with Gasteiger partial charge in [-0.15, -0.1) is 0 Å². The van der Waals surface area contributed by atoms with Gasteiger partial charge in [-0.05, 0) is 49.5 Å². The van der Waals surface area contributed by atoms with Crippen molar-refractivity contribution in [2.24, 2.45) is 0 Å². The predicted octanol–water partition coefficient (Wildman–Crippen LogP) is 4.36. The fourth-order valence-electron chi connectivity index (χ4n) is 3.31. The van der Waals surface area contributed by atoms with Crippen molar-refractivity contribution in [2.45, 2.75) is 19.4 Å². The quantitative estimate of drug-likeness (QED) is 0.619. The Morgan fingerprint density at radius 3 is 2.48 bits per heavy atom. The summed E-state index contributed by atoms with van der Waals surface area (Å²) in [6.07, 6.45) is 0.808. The third kappa shape index (κ3) is 4.87. The Morgan fingerprint density at radius 2 is 1.72 bits per heavy atom. The second-order valence-electron chi connectivity index (χ2n) is 7.11. The van der Waals surface area contributed by atoms with Crippen molar-refractivity contribution in [3.63, 3.8) is 0 Å². The molecule has 0 aliphatic heterocycles. The average molecular weight is 392 g/mol. The maximum absolute atomic E-state index is 12.8. The summed E-state index contributed by atoms with van der Waals surface area (Å²) in [5.74, 6) is 1.41. The number of ether oxygens (including phenoxy) is 2. The summed E-state index contributed by atoms with van der Waals surface area (Å²) in [5, 5.41) is 5.24. The lowest BCUT2D eigenvalue weighted by atomic mass is 10.1. The molecule has 1 amide bonds. The average Bonchev–Trinajstić information content (AvgIpc) is 2.76. The van der Waals surface area contributed by atoms with Crippen LogP contribution in [0, 0.1) is 0 Å². The Bertz CT molecular complexity index is 982. The van der Waals surface area contributed by atoms with E-state index in [-0.39, 0.29) is 11.9 Å². The molecule has 0 unspecified atom stereocenters. The first-order chi connectivity index (χ1) is 14.0. The van der Waals surface area contributed by atoms with Crippen LogP contribution in [0.15, 0.2) is 60.7 Å². The number of rotatable bonds is 8. The highest BCUT2D eigenvalue weighted by molar-refractivity contribution is 6.03. The van der Waals surface area contributed by atoms with Crippen LogP contribution in [0.3, 0.4) is 0 Å². The number of carbonyl (C=O) groups is 1. The van der Waals surface area contributed by atoms with Crippen molar-refractivity contribution in [2.75, 3.05) is 33.1 Å². The minimum atomic E-state index is -0.255. The van der Waals surface area contributed by atoms with Gasteiger partial charge in [-0.25, -0.2) is 0 Å². The number of nitrogens with zero attached hydrogens (tertiary/aromatic N) is 1. The van der Waals surface area contributed by atoms with E-state index in [4.69, 9.17) is 9.47 Å². The number of carbonyl (C=O) groups excluding carboxylic acids is 1. The van der Waals surface area contributed by atoms with Gasteiger partial charge in [0.15, 0.2) is 11.5 Å². The molecule has 1 atom stereocenters. The highest BCUT2D eigenvalue weighted by atomic mass is 16.5. The number of anilines is 1. The number of nitrogens with one attached hydrogen (secondary N) is 1. The van der Waals surface area contributed by atoms with Gasteiger partial charge < -0.3 is 14.8 Å². The first-order valence-corrected chi connectivity index (χ1v) is 9.73. The van der Waals surface area contributed by atoms with Crippen molar-refractivity contribution in [1.82, 2.24) is 4.90 Å². The molecule has 0 aromatic heterocycles. The van der Waals surface area contributed by atoms with Gasteiger partial charge in [0.05, 0.1) is 20.3 Å². The van der Waals surface area contributed by atoms with E-state index in [9.17, 15) is 4.79 Å². The second-order valence-corrected chi connectivity index (χ2v) is 7.11. The van der Waals surface area contributed by atoms with Gasteiger partial charge in [-0.3, -0.25) is 9.69 Å². The maximum atomic E-state index is 12.8. The van der Waals surface area contributed by atoms with E-state index in [1.165, 1.54) is 0 Å². The Labute approximate surface area is 172 Å². The second kappa shape index (κ2) is 9.43. The molecule has 0 aliphatic rings. The predicted molar refractivity (Wildman–Crippen MR) is 118 cm³/mol. The zero-order valence-corrected chi connectivity index (χ0v) is 17.4. The highest BCUT2D eigenvalue weighted by Crippen LogP contribution is 2.28. The van der Waals surface area contributed by atoms with E-state index in [0.29, 0.717) is 5.75 Å². The largest absolute Gasteiger partial charge is 0.493 e. The van der Waals surface area contributed by atoms with E-state index in [2.05, 4.69) is 10.2 Å². The number of benzene rings is 3. The molecule has 3 aromatic rings. The normalized spacial score (nSPS) is 12.0. The highest BCUT2D eigenvalue weighted by Gasteiger charge is 2.19. The molecule has 5 nitrogen and oxygen atoms in total. The molecule has 1 N–H and O–H groups in total. The van der Waals surface area contributed by atoms with Crippen LogP contribution in [-0.2, 0) is 11.2 Å². The zero-order chi connectivity index (χ0) is 20.8. The molecule has 0 radical (unpaired) electrons. The maximum Gasteiger partial charge on any atom is 0.241 e. The Balaban J connectivity index is 1.62. The van der Waals surface area contributed by atoms with Crippen LogP contribution in [0.5, 0.6) is 11.5 Å². The number of hydrogen-bond donors (Lipinski definition) is 1. The summed E-state index contributed by atoms with van der Waals surface area (Å²) in [4.78, 5) is 14.9. The molecule has 0 heterocycles. The Hall–Kier alpha value is -3.05. The van der Waals surface area contributed by atoms with Crippen LogP contribution in [0.4, 0.5) is 5.69 Å². The Morgan fingerprint density at radius 1 is 1.00 bits per heavy atom. The summed E-state index contributed by atoms with van der Waals surface area (Å²) >= 11 is 0. The molecule has 0 bridgehead atoms. The first kappa shape index (κ1) is 20.7. The van der Waals surface area contributed by atoms with Gasteiger partial charge in [-0.2, -0.15) is 0 Å². The van der Waals surface area contributed by atoms with Crippen LogP contribution in [0.2, 0.25) is 0 Å². The van der Waals surface area contributed by atoms with Gasteiger partial charge in [0.25, 0.3) is 0 Å². The van der Waals surface area contributed by atoms with E-state index < -0.39 is 0 Å². The third-order valence-corrected chi connectivity index (χ3v) is 5.29. The molecule has 0 aliphatic carbocycles. The number of methoxy groups -OCH3 is 2. The van der Waals surface area contributed by atoms with Crippen molar-refractivity contribution >= 4 is 22.4 Å². The summed E-state index contributed by atoms with van der Waals surface area (Å²) in [6, 6.07) is 19.7. The standard InChI is InChI=1S/C24H28N2O3/c1-17(24(27)25-21-11-7-9-19-8-5-6-10-20(19)21)26(2)15-14-18-12-13-22(28-3)23(16-18)29-4/h5-13,16-17H,14-15H2,1-4H3,(H,25,27)/t17-/m1/s1. The fraction of sp³-hybridized carbons (Fsp3) is 0.292. The lowest BCUT2D eigenvalue weighted by Gasteiger charge is -2.24. The van der Waals surface area contributed by atoms with E-state index in [1.807, 2.05) is 74.6 Å². The number of likely N-dealkylation sites (N-methyl/N-ethyl adjacent to an activating group) is 1. The van der Waals surface area contributed by atoms with Crippen molar-refractivity contribution in [3.8, 4) is 11.5 Å². The Kier molecular flexibility index (Phi) is 6.73. The molecule has 0 fully saturated rings. The lowest BCUT2D eigenvalue weighted by molar-refractivity contribution is -0.120. The molecular formula is C24H28N2O3. The summed E-state index contributed by atoms with van der Waals surface area (Å²) in [7, 11) is 5.23. The minimum absolute atomic E-state index is 0.0174.